The largest absolute Gasteiger partial charge is 2.00 e. The van der Waals surface area contributed by atoms with Gasteiger partial charge in [-0.1, -0.05) is 11.6 Å². The number of H-pyrrole nitrogens is 1. The van der Waals surface area contributed by atoms with E-state index in [0.717, 1.165) is 22.4 Å². The van der Waals surface area contributed by atoms with Crippen LogP contribution in [0.5, 0.6) is 0 Å². The van der Waals surface area contributed by atoms with E-state index in [4.69, 9.17) is 0 Å². The van der Waals surface area contributed by atoms with E-state index in [-0.39, 0.29) is 17.1 Å². The van der Waals surface area contributed by atoms with Gasteiger partial charge in [0.2, 0.25) is 0 Å². The molecule has 3 aromatic carbocycles. The van der Waals surface area contributed by atoms with Crippen molar-refractivity contribution in [1.82, 2.24) is 9.97 Å². The third-order valence-corrected chi connectivity index (χ3v) is 3.13. The van der Waals surface area contributed by atoms with Gasteiger partial charge in [-0.15, -0.1) is 0 Å². The number of aryl methyl sites for hydroxylation is 1. The number of imidazole rings is 1. The molecule has 0 saturated carbocycles. The minimum atomic E-state index is 0. The van der Waals surface area contributed by atoms with Crippen LogP contribution in [-0.4, -0.2) is 9.97 Å². The summed E-state index contributed by atoms with van der Waals surface area (Å²) in [6, 6.07) is 24.4. The van der Waals surface area contributed by atoms with Crippen LogP contribution in [0.25, 0.3) is 22.4 Å². The zero-order valence-corrected chi connectivity index (χ0v) is 12.8. The number of aromatic amines is 1. The fourth-order valence-corrected chi connectivity index (χ4v) is 2.11. The summed E-state index contributed by atoms with van der Waals surface area (Å²) < 4.78 is 0. The summed E-state index contributed by atoms with van der Waals surface area (Å²) in [5.74, 6) is 0.945. The van der Waals surface area contributed by atoms with Crippen LogP contribution >= 0.6 is 0 Å². The Hall–Kier alpha value is -2.09. The van der Waals surface area contributed by atoms with Gasteiger partial charge < -0.3 is 4.98 Å². The van der Waals surface area contributed by atoms with E-state index in [1.807, 2.05) is 48.5 Å². The van der Waals surface area contributed by atoms with E-state index in [1.165, 1.54) is 5.56 Å². The average Bonchev–Trinajstić information content (AvgIpc) is 3.20. The van der Waals surface area contributed by atoms with Gasteiger partial charge in [-0.05, 0) is 24.6 Å². The fraction of sp³-hybridized carbons (Fsp3) is 0.0556. The third kappa shape index (κ3) is 3.72. The van der Waals surface area contributed by atoms with Gasteiger partial charge in [-0.3, -0.25) is 0 Å². The summed E-state index contributed by atoms with van der Waals surface area (Å²) in [5, 5.41) is 0. The molecule has 0 amide bonds. The summed E-state index contributed by atoms with van der Waals surface area (Å²) >= 11 is 0. The van der Waals surface area contributed by atoms with Gasteiger partial charge in [0.25, 0.3) is 0 Å². The van der Waals surface area contributed by atoms with Crippen molar-refractivity contribution in [3.05, 3.63) is 78.4 Å². The fourth-order valence-electron chi connectivity index (χ4n) is 2.11. The van der Waals surface area contributed by atoms with Crippen molar-refractivity contribution in [2.24, 2.45) is 0 Å². The first-order valence-corrected chi connectivity index (χ1v) is 6.68. The Balaban J connectivity index is 0.000000231. The van der Waals surface area contributed by atoms with Gasteiger partial charge in [0.05, 0.1) is 16.9 Å². The Morgan fingerprint density at radius 3 is 2.38 bits per heavy atom. The van der Waals surface area contributed by atoms with E-state index in [0.29, 0.717) is 0 Å². The van der Waals surface area contributed by atoms with E-state index in [9.17, 15) is 0 Å². The molecule has 1 heterocycles. The van der Waals surface area contributed by atoms with Gasteiger partial charge in [0, 0.05) is 0 Å². The SMILES string of the molecule is Cc1ccc2nc(-[c-]3cccc3)[nH]c2c1.[Fe+2].c1cc[cH-]c1. The Morgan fingerprint density at radius 2 is 1.76 bits per heavy atom. The predicted molar refractivity (Wildman–Crippen MR) is 83.9 cm³/mol. The molecule has 0 atom stereocenters. The van der Waals surface area contributed by atoms with Crippen molar-refractivity contribution < 1.29 is 17.1 Å². The molecule has 0 aliphatic rings. The van der Waals surface area contributed by atoms with Crippen molar-refractivity contribution in [3.8, 4) is 11.4 Å². The first-order valence-electron chi connectivity index (χ1n) is 6.68. The first-order chi connectivity index (χ1) is 9.83. The van der Waals surface area contributed by atoms with Crippen molar-refractivity contribution >= 4 is 11.0 Å². The van der Waals surface area contributed by atoms with Crippen LogP contribution in [0.3, 0.4) is 0 Å². The molecule has 0 spiro atoms. The number of nitrogens with one attached hydrogen (secondary N) is 1. The molecule has 4 aromatic rings. The molecule has 0 aliphatic carbocycles. The maximum atomic E-state index is 4.54. The molecule has 2 nitrogen and oxygen atoms in total. The summed E-state index contributed by atoms with van der Waals surface area (Å²) in [6.45, 7) is 2.09. The smallest absolute Gasteiger partial charge is 0.348 e. The summed E-state index contributed by atoms with van der Waals surface area (Å²) in [5.41, 5.74) is 4.52. The Morgan fingerprint density at radius 1 is 1.05 bits per heavy atom. The Labute approximate surface area is 135 Å². The number of fused-ring (bicyclic) bond motifs is 1. The second-order valence-electron chi connectivity index (χ2n) is 4.74. The second-order valence-corrected chi connectivity index (χ2v) is 4.74. The number of nitrogens with zero attached hydrogens (tertiary/aromatic N) is 1. The summed E-state index contributed by atoms with van der Waals surface area (Å²) in [4.78, 5) is 7.87. The number of aromatic nitrogens is 2. The zero-order valence-electron chi connectivity index (χ0n) is 11.7. The monoisotopic (exact) mass is 316 g/mol. The molecular formula is C18H16FeN2. The molecule has 21 heavy (non-hydrogen) atoms. The van der Waals surface area contributed by atoms with E-state index in [2.05, 4.69) is 41.2 Å². The van der Waals surface area contributed by atoms with Crippen LogP contribution in [0.2, 0.25) is 0 Å². The molecule has 0 aliphatic heterocycles. The molecule has 1 aromatic heterocycles. The molecule has 3 heteroatoms. The van der Waals surface area contributed by atoms with Gasteiger partial charge in [0.1, 0.15) is 0 Å². The van der Waals surface area contributed by atoms with Gasteiger partial charge in [-0.2, -0.15) is 30.3 Å². The van der Waals surface area contributed by atoms with Crippen LogP contribution in [0.1, 0.15) is 5.56 Å². The minimum absolute atomic E-state index is 0. The van der Waals surface area contributed by atoms with Crippen molar-refractivity contribution in [1.29, 1.82) is 0 Å². The number of benzene rings is 1. The molecule has 0 radical (unpaired) electrons. The molecule has 0 unspecified atom stereocenters. The molecular weight excluding hydrogens is 300 g/mol. The molecule has 4 rings (SSSR count). The molecule has 0 fully saturated rings. The van der Waals surface area contributed by atoms with Gasteiger partial charge in [0.15, 0.2) is 0 Å². The number of hydrogen-bond acceptors (Lipinski definition) is 1. The van der Waals surface area contributed by atoms with E-state index < -0.39 is 0 Å². The summed E-state index contributed by atoms with van der Waals surface area (Å²) in [6.07, 6.45) is 0. The van der Waals surface area contributed by atoms with Crippen LogP contribution in [-0.2, 0) is 17.1 Å². The Bertz CT molecular complexity index is 748. The van der Waals surface area contributed by atoms with Gasteiger partial charge in [-0.25, -0.2) is 29.2 Å². The third-order valence-electron chi connectivity index (χ3n) is 3.13. The van der Waals surface area contributed by atoms with Crippen molar-refractivity contribution in [2.75, 3.05) is 0 Å². The van der Waals surface area contributed by atoms with Crippen LogP contribution in [0.4, 0.5) is 0 Å². The van der Waals surface area contributed by atoms with Crippen LogP contribution < -0.4 is 0 Å². The van der Waals surface area contributed by atoms with Crippen LogP contribution in [0, 0.1) is 6.92 Å². The minimum Gasteiger partial charge on any atom is -0.348 e. The maximum absolute atomic E-state index is 4.54. The number of rotatable bonds is 1. The normalized spacial score (nSPS) is 9.76. The quantitative estimate of drug-likeness (QED) is 0.401. The van der Waals surface area contributed by atoms with E-state index in [1.54, 1.807) is 0 Å². The van der Waals surface area contributed by atoms with Crippen molar-refractivity contribution in [3.63, 3.8) is 0 Å². The van der Waals surface area contributed by atoms with Crippen molar-refractivity contribution in [2.45, 2.75) is 6.92 Å². The molecule has 0 bridgehead atoms. The second kappa shape index (κ2) is 7.07. The zero-order chi connectivity index (χ0) is 13.8. The standard InChI is InChI=1S/C13H11N2.C5H5.Fe/c1-9-6-7-11-12(8-9)15-13(14-11)10-4-2-3-5-10;1-2-4-5-3-1;/h2-8H,1H3,(H,14,15);1-5H;/q2*-1;+2. The molecule has 106 valence electrons. The summed E-state index contributed by atoms with van der Waals surface area (Å²) in [7, 11) is 0. The number of hydrogen-bond donors (Lipinski definition) is 1. The van der Waals surface area contributed by atoms with E-state index >= 15 is 0 Å². The molecule has 0 saturated heterocycles. The first kappa shape index (κ1) is 15.3. The average molecular weight is 316 g/mol. The predicted octanol–water partition coefficient (Wildman–Crippen LogP) is 4.66. The molecule has 1 N–H and O–H groups in total. The topological polar surface area (TPSA) is 28.7 Å². The Kier molecular flexibility index (Phi) is 5.15. The van der Waals surface area contributed by atoms with Gasteiger partial charge >= 0.3 is 17.1 Å². The van der Waals surface area contributed by atoms with Crippen LogP contribution in [0.15, 0.2) is 72.8 Å². The maximum Gasteiger partial charge on any atom is 2.00 e.